The minimum absolute atomic E-state index is 0.151. The maximum Gasteiger partial charge on any atom is 0.290 e. The van der Waals surface area contributed by atoms with Gasteiger partial charge in [-0.15, -0.1) is 0 Å². The van der Waals surface area contributed by atoms with Crippen molar-refractivity contribution in [3.05, 3.63) is 77.9 Å². The van der Waals surface area contributed by atoms with E-state index in [1.165, 1.54) is 31.4 Å². The van der Waals surface area contributed by atoms with Gasteiger partial charge in [-0.2, -0.15) is 0 Å². The quantitative estimate of drug-likeness (QED) is 0.243. The summed E-state index contributed by atoms with van der Waals surface area (Å²) in [4.78, 5) is 28.7. The normalized spacial score (nSPS) is 19.6. The Kier molecular flexibility index (Phi) is 12.2. The van der Waals surface area contributed by atoms with E-state index in [9.17, 15) is 4.79 Å². The summed E-state index contributed by atoms with van der Waals surface area (Å²) in [5.74, 6) is 1.99. The Bertz CT molecular complexity index is 1250. The summed E-state index contributed by atoms with van der Waals surface area (Å²) in [7, 11) is 0. The second-order valence-corrected chi connectivity index (χ2v) is 11.6. The van der Waals surface area contributed by atoms with Crippen LogP contribution in [0.25, 0.3) is 10.8 Å². The summed E-state index contributed by atoms with van der Waals surface area (Å²) in [6.45, 7) is 12.0. The fourth-order valence-electron chi connectivity index (χ4n) is 6.16. The van der Waals surface area contributed by atoms with E-state index in [1.807, 2.05) is 35.2 Å². The van der Waals surface area contributed by atoms with Gasteiger partial charge in [0.05, 0.1) is 6.61 Å². The van der Waals surface area contributed by atoms with E-state index in [4.69, 9.17) is 14.6 Å². The van der Waals surface area contributed by atoms with Gasteiger partial charge in [0.15, 0.2) is 0 Å². The highest BCUT2D eigenvalue weighted by atomic mass is 16.5. The Morgan fingerprint density at radius 3 is 2.40 bits per heavy atom. The molecule has 0 aromatic heterocycles. The standard InChI is InChI=1S/C34H45N3O2.CH2O2/c1-3-28-13-12-27(2)37(26-28)19-7-25-39-31-16-14-29(15-17-31)18-20-35-21-23-36(24-22-35)34(38)33-11-6-9-30-8-4-5-10-32(30)33;2-1-3/h4-6,8-11,14-17,27-28H,3,7,12-13,18-26H2,1-2H3;1H,(H,2,3). The van der Waals surface area contributed by atoms with Gasteiger partial charge in [-0.3, -0.25) is 14.5 Å². The lowest BCUT2D eigenvalue weighted by atomic mass is 9.91. The van der Waals surface area contributed by atoms with Crippen molar-refractivity contribution >= 4 is 23.2 Å². The number of carbonyl (C=O) groups is 2. The zero-order chi connectivity index (χ0) is 29.7. The zero-order valence-corrected chi connectivity index (χ0v) is 25.3. The number of fused-ring (bicyclic) bond motifs is 1. The first-order valence-electron chi connectivity index (χ1n) is 15.5. The van der Waals surface area contributed by atoms with Crippen molar-refractivity contribution in [1.29, 1.82) is 0 Å². The molecule has 226 valence electrons. The van der Waals surface area contributed by atoms with E-state index >= 15 is 0 Å². The number of piperazine rings is 1. The molecule has 2 aliphatic rings. The number of hydrogen-bond acceptors (Lipinski definition) is 5. The molecule has 0 saturated carbocycles. The van der Waals surface area contributed by atoms with Crippen LogP contribution in [0.4, 0.5) is 0 Å². The van der Waals surface area contributed by atoms with E-state index in [0.717, 1.165) is 86.7 Å². The van der Waals surface area contributed by atoms with Gasteiger partial charge in [-0.25, -0.2) is 0 Å². The maximum absolute atomic E-state index is 13.2. The summed E-state index contributed by atoms with van der Waals surface area (Å²) in [6.07, 6.45) is 6.12. The molecular formula is C35H47N3O4. The van der Waals surface area contributed by atoms with Crippen LogP contribution in [0.5, 0.6) is 5.75 Å². The lowest BCUT2D eigenvalue weighted by molar-refractivity contribution is -0.122. The van der Waals surface area contributed by atoms with Crippen LogP contribution >= 0.6 is 0 Å². The maximum atomic E-state index is 13.2. The van der Waals surface area contributed by atoms with Crippen molar-refractivity contribution in [2.45, 2.75) is 52.0 Å². The predicted molar refractivity (Wildman–Crippen MR) is 169 cm³/mol. The average Bonchev–Trinajstić information content (AvgIpc) is 3.03. The summed E-state index contributed by atoms with van der Waals surface area (Å²) >= 11 is 0. The van der Waals surface area contributed by atoms with Crippen LogP contribution < -0.4 is 4.74 Å². The van der Waals surface area contributed by atoms with Crippen LogP contribution in [0.2, 0.25) is 0 Å². The van der Waals surface area contributed by atoms with Crippen molar-refractivity contribution in [3.8, 4) is 5.75 Å². The number of piperidine rings is 1. The third-order valence-corrected chi connectivity index (χ3v) is 8.86. The first-order valence-corrected chi connectivity index (χ1v) is 15.5. The number of carbonyl (C=O) groups excluding carboxylic acids is 1. The molecule has 0 bridgehead atoms. The first-order chi connectivity index (χ1) is 20.5. The molecule has 42 heavy (non-hydrogen) atoms. The summed E-state index contributed by atoms with van der Waals surface area (Å²) in [6, 6.07) is 23.5. The molecule has 1 N–H and O–H groups in total. The lowest BCUT2D eigenvalue weighted by Crippen LogP contribution is -2.49. The second-order valence-electron chi connectivity index (χ2n) is 11.6. The van der Waals surface area contributed by atoms with Gasteiger partial charge in [-0.1, -0.05) is 61.9 Å². The smallest absolute Gasteiger partial charge is 0.290 e. The van der Waals surface area contributed by atoms with Gasteiger partial charge in [0.2, 0.25) is 0 Å². The summed E-state index contributed by atoms with van der Waals surface area (Å²) in [5.41, 5.74) is 2.15. The van der Waals surface area contributed by atoms with Crippen LogP contribution in [-0.2, 0) is 11.2 Å². The predicted octanol–water partition coefficient (Wildman–Crippen LogP) is 5.82. The average molecular weight is 574 g/mol. The van der Waals surface area contributed by atoms with Crippen LogP contribution in [-0.4, -0.2) is 90.6 Å². The minimum Gasteiger partial charge on any atom is -0.494 e. The van der Waals surface area contributed by atoms with Gasteiger partial charge in [0.25, 0.3) is 12.4 Å². The van der Waals surface area contributed by atoms with E-state index < -0.39 is 0 Å². The summed E-state index contributed by atoms with van der Waals surface area (Å²) < 4.78 is 6.06. The van der Waals surface area contributed by atoms with Gasteiger partial charge >= 0.3 is 0 Å². The van der Waals surface area contributed by atoms with Gasteiger partial charge in [0, 0.05) is 57.4 Å². The second kappa shape index (κ2) is 16.3. The van der Waals surface area contributed by atoms with E-state index in [1.54, 1.807) is 0 Å². The molecule has 5 rings (SSSR count). The van der Waals surface area contributed by atoms with Crippen molar-refractivity contribution in [1.82, 2.24) is 14.7 Å². The van der Waals surface area contributed by atoms with Gasteiger partial charge in [-0.05, 0) is 73.1 Å². The number of likely N-dealkylation sites (tertiary alicyclic amines) is 1. The van der Waals surface area contributed by atoms with Crippen molar-refractivity contribution in [2.75, 3.05) is 52.4 Å². The number of ether oxygens (including phenoxy) is 1. The number of carboxylic acid groups (broad SMARTS) is 1. The molecule has 2 aliphatic heterocycles. The molecule has 2 heterocycles. The molecule has 1 amide bonds. The highest BCUT2D eigenvalue weighted by molar-refractivity contribution is 6.07. The van der Waals surface area contributed by atoms with Gasteiger partial charge in [0.1, 0.15) is 5.75 Å². The molecular weight excluding hydrogens is 526 g/mol. The Hall–Kier alpha value is -3.42. The fourth-order valence-corrected chi connectivity index (χ4v) is 6.16. The van der Waals surface area contributed by atoms with Crippen LogP contribution in [0.15, 0.2) is 66.7 Å². The third kappa shape index (κ3) is 8.79. The van der Waals surface area contributed by atoms with Crippen LogP contribution in [0.1, 0.15) is 55.5 Å². The molecule has 3 aromatic rings. The van der Waals surface area contributed by atoms with Crippen LogP contribution in [0, 0.1) is 5.92 Å². The largest absolute Gasteiger partial charge is 0.494 e. The molecule has 7 nitrogen and oxygen atoms in total. The molecule has 2 unspecified atom stereocenters. The number of rotatable bonds is 10. The topological polar surface area (TPSA) is 73.3 Å². The number of benzene rings is 3. The highest BCUT2D eigenvalue weighted by Gasteiger charge is 2.24. The molecule has 2 saturated heterocycles. The molecule has 7 heteroatoms. The lowest BCUT2D eigenvalue weighted by Gasteiger charge is -2.37. The van der Waals surface area contributed by atoms with Gasteiger partial charge < -0.3 is 19.6 Å². The van der Waals surface area contributed by atoms with E-state index in [-0.39, 0.29) is 12.4 Å². The number of amides is 1. The van der Waals surface area contributed by atoms with E-state index in [0.29, 0.717) is 6.04 Å². The third-order valence-electron chi connectivity index (χ3n) is 8.86. The molecule has 0 radical (unpaired) electrons. The number of nitrogens with zero attached hydrogens (tertiary/aromatic N) is 3. The molecule has 2 fully saturated rings. The Morgan fingerprint density at radius 1 is 0.952 bits per heavy atom. The monoisotopic (exact) mass is 573 g/mol. The Balaban J connectivity index is 0.00000129. The Morgan fingerprint density at radius 2 is 1.67 bits per heavy atom. The Labute approximate surface area is 251 Å². The first kappa shape index (κ1) is 31.5. The molecule has 0 aliphatic carbocycles. The highest BCUT2D eigenvalue weighted by Crippen LogP contribution is 2.24. The summed E-state index contributed by atoms with van der Waals surface area (Å²) in [5, 5.41) is 9.05. The van der Waals surface area contributed by atoms with Crippen molar-refractivity contribution in [2.24, 2.45) is 5.92 Å². The molecule has 3 aromatic carbocycles. The van der Waals surface area contributed by atoms with E-state index in [2.05, 4.69) is 60.0 Å². The minimum atomic E-state index is -0.250. The molecule has 0 spiro atoms. The van der Waals surface area contributed by atoms with Crippen molar-refractivity contribution in [3.63, 3.8) is 0 Å². The SMILES string of the molecule is CCC1CCC(C)N(CCCOc2ccc(CCN3CCN(C(=O)c4cccc5ccccc45)CC3)cc2)C1.O=CO. The van der Waals surface area contributed by atoms with Crippen LogP contribution in [0.3, 0.4) is 0 Å². The molecule has 2 atom stereocenters. The van der Waals surface area contributed by atoms with Crippen molar-refractivity contribution < 1.29 is 19.4 Å². The fraction of sp³-hybridized carbons (Fsp3) is 0.486. The zero-order valence-electron chi connectivity index (χ0n) is 25.3. The number of hydrogen-bond donors (Lipinski definition) is 1.